The van der Waals surface area contributed by atoms with E-state index in [4.69, 9.17) is 4.74 Å². The summed E-state index contributed by atoms with van der Waals surface area (Å²) in [5.41, 5.74) is -0.280. The molecule has 0 saturated carbocycles. The Kier molecular flexibility index (Phi) is 1.42. The van der Waals surface area contributed by atoms with Gasteiger partial charge in [-0.2, -0.15) is 0 Å². The van der Waals surface area contributed by atoms with Gasteiger partial charge in [-0.1, -0.05) is 0 Å². The molecule has 1 atom stereocenters. The van der Waals surface area contributed by atoms with E-state index < -0.39 is 6.17 Å². The van der Waals surface area contributed by atoms with E-state index in [0.717, 1.165) is 13.0 Å². The number of hydrogen-bond acceptors (Lipinski definition) is 2. The fourth-order valence-electron chi connectivity index (χ4n) is 1.61. The molecule has 2 aliphatic heterocycles. The van der Waals surface area contributed by atoms with E-state index >= 15 is 0 Å². The summed E-state index contributed by atoms with van der Waals surface area (Å²) in [4.78, 5) is 0. The van der Waals surface area contributed by atoms with E-state index in [2.05, 4.69) is 5.32 Å². The molecule has 0 radical (unpaired) electrons. The number of rotatable bonds is 0. The SMILES string of the molecule is FC1CCCNC12COC2. The first kappa shape index (κ1) is 6.55. The van der Waals surface area contributed by atoms with Gasteiger partial charge in [0.1, 0.15) is 6.17 Å². The summed E-state index contributed by atoms with van der Waals surface area (Å²) in [6, 6.07) is 0. The average molecular weight is 145 g/mol. The Bertz CT molecular complexity index is 136. The number of hydrogen-bond donors (Lipinski definition) is 1. The number of nitrogens with one attached hydrogen (secondary N) is 1. The van der Waals surface area contributed by atoms with Gasteiger partial charge in [0.15, 0.2) is 0 Å². The number of alkyl halides is 1. The van der Waals surface area contributed by atoms with E-state index in [-0.39, 0.29) is 5.54 Å². The van der Waals surface area contributed by atoms with E-state index in [1.807, 2.05) is 0 Å². The van der Waals surface area contributed by atoms with Gasteiger partial charge >= 0.3 is 0 Å². The topological polar surface area (TPSA) is 21.3 Å². The molecule has 0 bridgehead atoms. The number of halogens is 1. The van der Waals surface area contributed by atoms with Crippen molar-refractivity contribution in [2.45, 2.75) is 24.6 Å². The van der Waals surface area contributed by atoms with Crippen LogP contribution in [0, 0.1) is 0 Å². The molecule has 0 aliphatic carbocycles. The molecule has 1 spiro atoms. The van der Waals surface area contributed by atoms with E-state index in [1.165, 1.54) is 0 Å². The van der Waals surface area contributed by atoms with Crippen LogP contribution in [0.1, 0.15) is 12.8 Å². The molecule has 2 nitrogen and oxygen atoms in total. The predicted octanol–water partition coefficient (Wildman–Crippen LogP) is 0.477. The van der Waals surface area contributed by atoms with Gasteiger partial charge in [0.05, 0.1) is 18.8 Å². The van der Waals surface area contributed by atoms with Crippen LogP contribution in [0.4, 0.5) is 4.39 Å². The summed E-state index contributed by atoms with van der Waals surface area (Å²) in [5, 5.41) is 3.18. The summed E-state index contributed by atoms with van der Waals surface area (Å²) in [6.07, 6.45) is 0.981. The molecule has 2 heterocycles. The molecular weight excluding hydrogens is 133 g/mol. The Morgan fingerprint density at radius 1 is 1.50 bits per heavy atom. The first-order chi connectivity index (χ1) is 4.83. The summed E-state index contributed by atoms with van der Waals surface area (Å²) in [5.74, 6) is 0. The highest BCUT2D eigenvalue weighted by Crippen LogP contribution is 2.29. The molecule has 0 aromatic heterocycles. The van der Waals surface area contributed by atoms with E-state index in [9.17, 15) is 4.39 Å². The molecule has 58 valence electrons. The summed E-state index contributed by atoms with van der Waals surface area (Å²) < 4.78 is 18.1. The predicted molar refractivity (Wildman–Crippen MR) is 35.7 cm³/mol. The van der Waals surface area contributed by atoms with Crippen molar-refractivity contribution in [1.29, 1.82) is 0 Å². The Morgan fingerprint density at radius 3 is 2.70 bits per heavy atom. The highest BCUT2D eigenvalue weighted by Gasteiger charge is 2.47. The lowest BCUT2D eigenvalue weighted by molar-refractivity contribution is -0.121. The largest absolute Gasteiger partial charge is 0.377 e. The Labute approximate surface area is 59.7 Å². The standard InChI is InChI=1S/C7H12FNO/c8-6-2-1-3-9-7(6)4-10-5-7/h6,9H,1-5H2. The zero-order chi connectivity index (χ0) is 7.03. The van der Waals surface area contributed by atoms with Crippen molar-refractivity contribution in [3.8, 4) is 0 Å². The molecule has 2 fully saturated rings. The fourth-order valence-corrected chi connectivity index (χ4v) is 1.61. The second kappa shape index (κ2) is 2.17. The van der Waals surface area contributed by atoms with Crippen LogP contribution in [0.15, 0.2) is 0 Å². The summed E-state index contributed by atoms with van der Waals surface area (Å²) in [7, 11) is 0. The van der Waals surface area contributed by atoms with Crippen molar-refractivity contribution in [3.63, 3.8) is 0 Å². The number of ether oxygens (including phenoxy) is 1. The molecule has 3 heteroatoms. The lowest BCUT2D eigenvalue weighted by Gasteiger charge is -2.47. The van der Waals surface area contributed by atoms with Gasteiger partial charge in [-0.3, -0.25) is 0 Å². The van der Waals surface area contributed by atoms with Crippen LogP contribution < -0.4 is 5.32 Å². The van der Waals surface area contributed by atoms with Crippen molar-refractivity contribution in [2.24, 2.45) is 0 Å². The Balaban J connectivity index is 2.03. The van der Waals surface area contributed by atoms with Crippen LogP contribution >= 0.6 is 0 Å². The van der Waals surface area contributed by atoms with Crippen molar-refractivity contribution in [2.75, 3.05) is 19.8 Å². The molecule has 1 unspecified atom stereocenters. The Hall–Kier alpha value is -0.150. The van der Waals surface area contributed by atoms with Crippen LogP contribution in [0.2, 0.25) is 0 Å². The van der Waals surface area contributed by atoms with Crippen LogP contribution in [0.3, 0.4) is 0 Å². The van der Waals surface area contributed by atoms with Crippen molar-refractivity contribution < 1.29 is 9.13 Å². The van der Waals surface area contributed by atoms with Gasteiger partial charge < -0.3 is 10.1 Å². The lowest BCUT2D eigenvalue weighted by atomic mass is 9.85. The molecule has 2 rings (SSSR count). The third-order valence-electron chi connectivity index (χ3n) is 2.43. The summed E-state index contributed by atoms with van der Waals surface area (Å²) >= 11 is 0. The molecule has 0 aromatic carbocycles. The molecular formula is C7H12FNO. The molecule has 2 saturated heterocycles. The fraction of sp³-hybridized carbons (Fsp3) is 1.00. The lowest BCUT2D eigenvalue weighted by Crippen LogP contribution is -2.68. The maximum atomic E-state index is 13.1. The minimum Gasteiger partial charge on any atom is -0.377 e. The van der Waals surface area contributed by atoms with Gasteiger partial charge in [0, 0.05) is 0 Å². The third-order valence-corrected chi connectivity index (χ3v) is 2.43. The van der Waals surface area contributed by atoms with Crippen molar-refractivity contribution in [3.05, 3.63) is 0 Å². The normalized spacial score (nSPS) is 37.5. The Morgan fingerprint density at radius 2 is 2.30 bits per heavy atom. The first-order valence-electron chi connectivity index (χ1n) is 3.80. The zero-order valence-corrected chi connectivity index (χ0v) is 5.90. The second-order valence-electron chi connectivity index (χ2n) is 3.19. The maximum absolute atomic E-state index is 13.1. The van der Waals surface area contributed by atoms with Crippen molar-refractivity contribution >= 4 is 0 Å². The third kappa shape index (κ3) is 0.772. The zero-order valence-electron chi connectivity index (χ0n) is 5.90. The number of piperidine rings is 1. The summed E-state index contributed by atoms with van der Waals surface area (Å²) in [6.45, 7) is 2.08. The van der Waals surface area contributed by atoms with Gasteiger partial charge in [-0.25, -0.2) is 4.39 Å². The maximum Gasteiger partial charge on any atom is 0.123 e. The van der Waals surface area contributed by atoms with Gasteiger partial charge in [-0.15, -0.1) is 0 Å². The molecule has 2 aliphatic rings. The highest BCUT2D eigenvalue weighted by atomic mass is 19.1. The van der Waals surface area contributed by atoms with Crippen LogP contribution in [-0.4, -0.2) is 31.5 Å². The first-order valence-corrected chi connectivity index (χ1v) is 3.80. The molecule has 0 amide bonds. The van der Waals surface area contributed by atoms with E-state index in [1.54, 1.807) is 0 Å². The minimum absolute atomic E-state index is 0.280. The molecule has 1 N–H and O–H groups in total. The molecule has 10 heavy (non-hydrogen) atoms. The second-order valence-corrected chi connectivity index (χ2v) is 3.19. The minimum atomic E-state index is -0.685. The smallest absolute Gasteiger partial charge is 0.123 e. The van der Waals surface area contributed by atoms with Crippen LogP contribution in [0.5, 0.6) is 0 Å². The van der Waals surface area contributed by atoms with E-state index in [0.29, 0.717) is 19.6 Å². The van der Waals surface area contributed by atoms with Gasteiger partial charge in [0.2, 0.25) is 0 Å². The van der Waals surface area contributed by atoms with Crippen LogP contribution in [0.25, 0.3) is 0 Å². The van der Waals surface area contributed by atoms with Gasteiger partial charge in [0.25, 0.3) is 0 Å². The molecule has 0 aromatic rings. The highest BCUT2D eigenvalue weighted by molar-refractivity contribution is 5.02. The van der Waals surface area contributed by atoms with Crippen LogP contribution in [-0.2, 0) is 4.74 Å². The van der Waals surface area contributed by atoms with Crippen molar-refractivity contribution in [1.82, 2.24) is 5.32 Å². The average Bonchev–Trinajstić information content (AvgIpc) is 1.85. The quantitative estimate of drug-likeness (QED) is 0.535. The monoisotopic (exact) mass is 145 g/mol. The van der Waals surface area contributed by atoms with Gasteiger partial charge in [-0.05, 0) is 19.4 Å².